The molecule has 1 aromatic heterocycles. The van der Waals surface area contributed by atoms with E-state index in [2.05, 4.69) is 6.07 Å². The van der Waals surface area contributed by atoms with Gasteiger partial charge in [0.15, 0.2) is 6.20 Å². The molecule has 3 heteroatoms. The van der Waals surface area contributed by atoms with E-state index in [1.54, 1.807) is 0 Å². The van der Waals surface area contributed by atoms with Gasteiger partial charge in [-0.15, -0.1) is 0 Å². The molecule has 0 aliphatic heterocycles. The van der Waals surface area contributed by atoms with Crippen LogP contribution in [0.5, 0.6) is 0 Å². The lowest BCUT2D eigenvalue weighted by Gasteiger charge is -1.92. The summed E-state index contributed by atoms with van der Waals surface area (Å²) in [5.41, 5.74) is 0. The Bertz CT molecular complexity index is 169. The molecule has 41 valence electrons. The molecule has 1 aromatic rings. The Hall–Kier alpha value is -0.760. The molecule has 8 heavy (non-hydrogen) atoms. The standard InChI is InChI=1S/C5H3ClNO/c6-5-3-1-2-4-7(5)8/h2-4H. The summed E-state index contributed by atoms with van der Waals surface area (Å²) in [6.07, 6.45) is 1.29. The summed E-state index contributed by atoms with van der Waals surface area (Å²) in [6, 6.07) is 5.56. The molecule has 0 unspecified atom stereocenters. The minimum absolute atomic E-state index is 0.146. The van der Waals surface area contributed by atoms with Crippen LogP contribution in [0.1, 0.15) is 0 Å². The third-order valence-electron chi connectivity index (χ3n) is 0.719. The van der Waals surface area contributed by atoms with Crippen molar-refractivity contribution in [3.63, 3.8) is 0 Å². The molecule has 0 aliphatic rings. The Kier molecular flexibility index (Phi) is 1.35. The average molecular weight is 129 g/mol. The molecule has 0 aromatic carbocycles. The van der Waals surface area contributed by atoms with E-state index in [9.17, 15) is 5.21 Å². The van der Waals surface area contributed by atoms with E-state index in [-0.39, 0.29) is 5.15 Å². The van der Waals surface area contributed by atoms with Gasteiger partial charge in [0.25, 0.3) is 5.15 Å². The smallest absolute Gasteiger partial charge is 0.286 e. The molecule has 1 heterocycles. The molecule has 0 spiro atoms. The number of rotatable bonds is 0. The summed E-state index contributed by atoms with van der Waals surface area (Å²) in [4.78, 5) is 0. The number of nitrogens with zero attached hydrogens (tertiary/aromatic N) is 1. The van der Waals surface area contributed by atoms with Gasteiger partial charge in [-0.25, -0.2) is 0 Å². The molecule has 1 rings (SSSR count). The summed E-state index contributed by atoms with van der Waals surface area (Å²) in [5.74, 6) is 0. The molecule has 0 fully saturated rings. The highest BCUT2D eigenvalue weighted by Gasteiger charge is 1.93. The quantitative estimate of drug-likeness (QED) is 0.288. The maximum absolute atomic E-state index is 10.4. The van der Waals surface area contributed by atoms with Gasteiger partial charge in [-0.1, -0.05) is 0 Å². The maximum Gasteiger partial charge on any atom is 0.286 e. The molecule has 0 aliphatic carbocycles. The van der Waals surface area contributed by atoms with Crippen LogP contribution < -0.4 is 4.73 Å². The third-order valence-corrected chi connectivity index (χ3v) is 0.995. The molecule has 0 N–H and O–H groups in total. The zero-order valence-electron chi connectivity index (χ0n) is 3.97. The van der Waals surface area contributed by atoms with Gasteiger partial charge in [0.1, 0.15) is 0 Å². The molecule has 1 radical (unpaired) electrons. The van der Waals surface area contributed by atoms with E-state index in [0.717, 1.165) is 0 Å². The van der Waals surface area contributed by atoms with Gasteiger partial charge < -0.3 is 5.21 Å². The van der Waals surface area contributed by atoms with E-state index < -0.39 is 0 Å². The van der Waals surface area contributed by atoms with E-state index in [1.807, 2.05) is 0 Å². The molecule has 0 saturated carbocycles. The first-order valence-corrected chi connectivity index (χ1v) is 2.43. The van der Waals surface area contributed by atoms with Crippen molar-refractivity contribution in [3.05, 3.63) is 34.8 Å². The van der Waals surface area contributed by atoms with Gasteiger partial charge in [-0.3, -0.25) is 0 Å². The summed E-state index contributed by atoms with van der Waals surface area (Å²) in [6.45, 7) is 0. The van der Waals surface area contributed by atoms with Crippen LogP contribution in [0.3, 0.4) is 0 Å². The van der Waals surface area contributed by atoms with Crippen LogP contribution in [-0.4, -0.2) is 0 Å². The number of hydrogen-bond acceptors (Lipinski definition) is 1. The maximum atomic E-state index is 10.4. The van der Waals surface area contributed by atoms with Crippen molar-refractivity contribution in [2.75, 3.05) is 0 Å². The first-order chi connectivity index (χ1) is 3.80. The summed E-state index contributed by atoms with van der Waals surface area (Å²) in [5, 5.41) is 10.5. The van der Waals surface area contributed by atoms with Gasteiger partial charge in [-0.2, -0.15) is 4.73 Å². The number of halogens is 1. The van der Waals surface area contributed by atoms with Crippen LogP contribution in [0.15, 0.2) is 18.3 Å². The van der Waals surface area contributed by atoms with Crippen molar-refractivity contribution in [1.29, 1.82) is 0 Å². The zero-order chi connectivity index (χ0) is 5.98. The second kappa shape index (κ2) is 2.01. The first kappa shape index (κ1) is 5.38. The van der Waals surface area contributed by atoms with Gasteiger partial charge in [0, 0.05) is 12.1 Å². The lowest BCUT2D eigenvalue weighted by atomic mass is 10.5. The molecule has 0 bridgehead atoms. The highest BCUT2D eigenvalue weighted by atomic mass is 35.5. The third kappa shape index (κ3) is 0.898. The number of aromatic nitrogens is 1. The second-order valence-electron chi connectivity index (χ2n) is 1.28. The van der Waals surface area contributed by atoms with Crippen molar-refractivity contribution < 1.29 is 4.73 Å². The molecular weight excluding hydrogens is 126 g/mol. The SMILES string of the molecule is [O-][n+]1cc[c]cc1Cl. The Morgan fingerprint density at radius 1 is 1.75 bits per heavy atom. The van der Waals surface area contributed by atoms with Crippen LogP contribution in [0.4, 0.5) is 0 Å². The van der Waals surface area contributed by atoms with E-state index in [4.69, 9.17) is 11.6 Å². The Balaban J connectivity index is 3.13. The van der Waals surface area contributed by atoms with Gasteiger partial charge in [0.2, 0.25) is 0 Å². The van der Waals surface area contributed by atoms with Crippen molar-refractivity contribution in [2.45, 2.75) is 0 Å². The number of pyridine rings is 1. The van der Waals surface area contributed by atoms with Gasteiger partial charge in [0.05, 0.1) is 0 Å². The zero-order valence-corrected chi connectivity index (χ0v) is 4.72. The molecule has 0 amide bonds. The average Bonchev–Trinajstić information content (AvgIpc) is 1.77. The molecule has 0 saturated heterocycles. The van der Waals surface area contributed by atoms with Crippen molar-refractivity contribution >= 4 is 11.6 Å². The van der Waals surface area contributed by atoms with Crippen LogP contribution in [0.25, 0.3) is 0 Å². The highest BCUT2D eigenvalue weighted by Crippen LogP contribution is 1.95. The van der Waals surface area contributed by atoms with E-state index in [1.165, 1.54) is 18.3 Å². The van der Waals surface area contributed by atoms with Crippen molar-refractivity contribution in [2.24, 2.45) is 0 Å². The fourth-order valence-electron chi connectivity index (χ4n) is 0.362. The Morgan fingerprint density at radius 2 is 2.50 bits per heavy atom. The predicted molar refractivity (Wildman–Crippen MR) is 29.2 cm³/mol. The molecule has 2 nitrogen and oxygen atoms in total. The monoisotopic (exact) mass is 128 g/mol. The normalized spacial score (nSPS) is 9.12. The van der Waals surface area contributed by atoms with Gasteiger partial charge >= 0.3 is 0 Å². The Labute approximate surface area is 51.9 Å². The summed E-state index contributed by atoms with van der Waals surface area (Å²) < 4.78 is 0.568. The van der Waals surface area contributed by atoms with Crippen LogP contribution in [0, 0.1) is 11.3 Å². The Morgan fingerprint density at radius 3 is 2.88 bits per heavy atom. The fourth-order valence-corrected chi connectivity index (χ4v) is 0.482. The van der Waals surface area contributed by atoms with Crippen molar-refractivity contribution in [3.8, 4) is 0 Å². The van der Waals surface area contributed by atoms with Gasteiger partial charge in [-0.05, 0) is 17.7 Å². The van der Waals surface area contributed by atoms with Crippen molar-refractivity contribution in [1.82, 2.24) is 0 Å². The van der Waals surface area contributed by atoms with E-state index in [0.29, 0.717) is 4.73 Å². The number of hydrogen-bond donors (Lipinski definition) is 0. The minimum atomic E-state index is 0.146. The predicted octanol–water partition coefficient (Wildman–Crippen LogP) is 0.774. The van der Waals surface area contributed by atoms with E-state index >= 15 is 0 Å². The molecular formula is C5H3ClNO. The molecule has 0 atom stereocenters. The topological polar surface area (TPSA) is 26.9 Å². The largest absolute Gasteiger partial charge is 0.618 e. The lowest BCUT2D eigenvalue weighted by molar-refractivity contribution is -0.603. The fraction of sp³-hybridized carbons (Fsp3) is 0. The highest BCUT2D eigenvalue weighted by molar-refractivity contribution is 6.28. The summed E-state index contributed by atoms with van der Waals surface area (Å²) in [7, 11) is 0. The summed E-state index contributed by atoms with van der Waals surface area (Å²) >= 11 is 5.33. The first-order valence-electron chi connectivity index (χ1n) is 2.05. The minimum Gasteiger partial charge on any atom is -0.618 e. The van der Waals surface area contributed by atoms with Crippen LogP contribution >= 0.6 is 11.6 Å². The van der Waals surface area contributed by atoms with Crippen LogP contribution in [-0.2, 0) is 0 Å². The lowest BCUT2D eigenvalue weighted by Crippen LogP contribution is -2.25. The second-order valence-corrected chi connectivity index (χ2v) is 1.66. The van der Waals surface area contributed by atoms with Crippen LogP contribution in [0.2, 0.25) is 5.15 Å².